The van der Waals surface area contributed by atoms with Gasteiger partial charge in [-0.1, -0.05) is 11.6 Å². The lowest BCUT2D eigenvalue weighted by atomic mass is 9.96. The van der Waals surface area contributed by atoms with E-state index in [9.17, 15) is 9.59 Å². The van der Waals surface area contributed by atoms with Crippen molar-refractivity contribution in [2.75, 3.05) is 18.4 Å². The molecule has 3 rings (SSSR count). The Morgan fingerprint density at radius 1 is 1.23 bits per heavy atom. The highest BCUT2D eigenvalue weighted by atomic mass is 35.5. The summed E-state index contributed by atoms with van der Waals surface area (Å²) in [6.45, 7) is 3.26. The molecule has 2 amide bonds. The third-order valence-corrected chi connectivity index (χ3v) is 4.71. The quantitative estimate of drug-likeness (QED) is 0.929. The molecule has 0 aromatic heterocycles. The largest absolute Gasteiger partial charge is 0.342 e. The van der Waals surface area contributed by atoms with Crippen molar-refractivity contribution in [3.63, 3.8) is 0 Å². The second kappa shape index (κ2) is 6.29. The van der Waals surface area contributed by atoms with Crippen LogP contribution in [0.5, 0.6) is 0 Å². The molecule has 0 unspecified atom stereocenters. The van der Waals surface area contributed by atoms with Gasteiger partial charge in [0.1, 0.15) is 0 Å². The van der Waals surface area contributed by atoms with E-state index in [1.165, 1.54) is 0 Å². The first-order valence-electron chi connectivity index (χ1n) is 7.90. The summed E-state index contributed by atoms with van der Waals surface area (Å²) in [5, 5.41) is 3.64. The predicted octanol–water partition coefficient (Wildman–Crippen LogP) is 3.24. The number of nitrogens with one attached hydrogen (secondary N) is 1. The highest BCUT2D eigenvalue weighted by molar-refractivity contribution is 6.30. The third-order valence-electron chi connectivity index (χ3n) is 4.48. The first-order valence-corrected chi connectivity index (χ1v) is 8.28. The molecule has 1 aliphatic carbocycles. The molecular formula is C17H21ClN2O2. The zero-order valence-corrected chi connectivity index (χ0v) is 13.5. The molecular weight excluding hydrogens is 300 g/mol. The minimum absolute atomic E-state index is 0.00119. The average molecular weight is 321 g/mol. The maximum atomic E-state index is 12.5. The number of anilines is 1. The Morgan fingerprint density at radius 3 is 2.68 bits per heavy atom. The molecule has 2 fully saturated rings. The van der Waals surface area contributed by atoms with E-state index >= 15 is 0 Å². The third kappa shape index (κ3) is 3.43. The summed E-state index contributed by atoms with van der Waals surface area (Å²) in [6, 6.07) is 5.43. The molecule has 0 spiro atoms. The number of hydrogen-bond donors (Lipinski definition) is 1. The van der Waals surface area contributed by atoms with Crippen LogP contribution in [0.4, 0.5) is 5.69 Å². The lowest BCUT2D eigenvalue weighted by Crippen LogP contribution is -2.44. The van der Waals surface area contributed by atoms with Crippen molar-refractivity contribution in [3.05, 3.63) is 28.8 Å². The Kier molecular flexibility index (Phi) is 4.39. The monoisotopic (exact) mass is 320 g/mol. The van der Waals surface area contributed by atoms with Crippen molar-refractivity contribution in [3.8, 4) is 0 Å². The first kappa shape index (κ1) is 15.3. The molecule has 1 aliphatic heterocycles. The number of piperidine rings is 1. The lowest BCUT2D eigenvalue weighted by molar-refractivity contribution is -0.135. The first-order chi connectivity index (χ1) is 10.5. The van der Waals surface area contributed by atoms with E-state index in [0.29, 0.717) is 11.6 Å². The number of carbonyl (C=O) groups excluding carboxylic acids is 2. The van der Waals surface area contributed by atoms with Crippen LogP contribution in [0, 0.1) is 18.8 Å². The highest BCUT2D eigenvalue weighted by Crippen LogP contribution is 2.32. The molecule has 1 saturated heterocycles. The Hall–Kier alpha value is -1.55. The Bertz CT molecular complexity index is 598. The van der Waals surface area contributed by atoms with Crippen LogP contribution in [0.1, 0.15) is 31.2 Å². The fourth-order valence-electron chi connectivity index (χ4n) is 2.98. The van der Waals surface area contributed by atoms with E-state index in [4.69, 9.17) is 11.6 Å². The Labute approximate surface area is 135 Å². The van der Waals surface area contributed by atoms with Crippen LogP contribution in [-0.2, 0) is 9.59 Å². The zero-order valence-electron chi connectivity index (χ0n) is 12.8. The summed E-state index contributed by atoms with van der Waals surface area (Å²) in [4.78, 5) is 26.5. The minimum Gasteiger partial charge on any atom is -0.342 e. The molecule has 2 aliphatic rings. The van der Waals surface area contributed by atoms with Crippen LogP contribution >= 0.6 is 11.6 Å². The summed E-state index contributed by atoms with van der Waals surface area (Å²) in [5.41, 5.74) is 1.74. The van der Waals surface area contributed by atoms with E-state index in [1.54, 1.807) is 6.07 Å². The number of benzene rings is 1. The number of likely N-dealkylation sites (tertiary alicyclic amines) is 1. The topological polar surface area (TPSA) is 49.4 Å². The van der Waals surface area contributed by atoms with Gasteiger partial charge in [-0.05, 0) is 56.4 Å². The summed E-state index contributed by atoms with van der Waals surface area (Å²) in [6.07, 6.45) is 3.76. The van der Waals surface area contributed by atoms with Gasteiger partial charge in [-0.25, -0.2) is 0 Å². The fourth-order valence-corrected chi connectivity index (χ4v) is 3.21. The van der Waals surface area contributed by atoms with Gasteiger partial charge < -0.3 is 10.2 Å². The van der Waals surface area contributed by atoms with Crippen LogP contribution in [0.3, 0.4) is 0 Å². The summed E-state index contributed by atoms with van der Waals surface area (Å²) >= 11 is 5.93. The number of rotatable bonds is 3. The second-order valence-electron chi connectivity index (χ2n) is 6.35. The number of aryl methyl sites for hydroxylation is 1. The molecule has 1 heterocycles. The summed E-state index contributed by atoms with van der Waals surface area (Å²) < 4.78 is 0. The zero-order chi connectivity index (χ0) is 15.7. The van der Waals surface area contributed by atoms with E-state index in [1.807, 2.05) is 24.0 Å². The second-order valence-corrected chi connectivity index (χ2v) is 6.78. The predicted molar refractivity (Wildman–Crippen MR) is 86.8 cm³/mol. The van der Waals surface area contributed by atoms with Crippen LogP contribution in [-0.4, -0.2) is 29.8 Å². The molecule has 1 aromatic rings. The number of amides is 2. The lowest BCUT2D eigenvalue weighted by Gasteiger charge is -2.32. The number of carbonyl (C=O) groups is 2. The van der Waals surface area contributed by atoms with Gasteiger partial charge in [0.25, 0.3) is 0 Å². The van der Waals surface area contributed by atoms with Crippen molar-refractivity contribution in [1.82, 2.24) is 4.90 Å². The minimum atomic E-state index is -0.119. The average Bonchev–Trinajstić information content (AvgIpc) is 3.34. The van der Waals surface area contributed by atoms with Crippen molar-refractivity contribution in [2.24, 2.45) is 11.8 Å². The van der Waals surface area contributed by atoms with Crippen molar-refractivity contribution >= 4 is 29.1 Å². The maximum Gasteiger partial charge on any atom is 0.229 e. The maximum absolute atomic E-state index is 12.5. The molecule has 118 valence electrons. The number of halogens is 1. The van der Waals surface area contributed by atoms with E-state index in [0.717, 1.165) is 43.5 Å². The molecule has 5 heteroatoms. The van der Waals surface area contributed by atoms with E-state index < -0.39 is 0 Å². The van der Waals surface area contributed by atoms with Gasteiger partial charge in [0.2, 0.25) is 11.8 Å². The molecule has 1 saturated carbocycles. The van der Waals surface area contributed by atoms with Gasteiger partial charge in [-0.2, -0.15) is 0 Å². The van der Waals surface area contributed by atoms with Gasteiger partial charge in [0.15, 0.2) is 0 Å². The molecule has 22 heavy (non-hydrogen) atoms. The Balaban J connectivity index is 1.62. The fraction of sp³-hybridized carbons (Fsp3) is 0.529. The molecule has 1 atom stereocenters. The summed E-state index contributed by atoms with van der Waals surface area (Å²) in [7, 11) is 0. The smallest absolute Gasteiger partial charge is 0.229 e. The van der Waals surface area contributed by atoms with Crippen molar-refractivity contribution in [1.29, 1.82) is 0 Å². The summed E-state index contributed by atoms with van der Waals surface area (Å²) in [5.74, 6) is 0.339. The van der Waals surface area contributed by atoms with Gasteiger partial charge in [0, 0.05) is 29.7 Å². The number of hydrogen-bond acceptors (Lipinski definition) is 2. The van der Waals surface area contributed by atoms with Crippen LogP contribution in [0.25, 0.3) is 0 Å². The molecule has 0 radical (unpaired) electrons. The van der Waals surface area contributed by atoms with Gasteiger partial charge in [0.05, 0.1) is 5.92 Å². The van der Waals surface area contributed by atoms with E-state index in [-0.39, 0.29) is 23.7 Å². The highest BCUT2D eigenvalue weighted by Gasteiger charge is 2.36. The van der Waals surface area contributed by atoms with Crippen LogP contribution in [0.2, 0.25) is 5.02 Å². The standard InChI is InChI=1S/C17H21ClN2O2/c1-11-9-14(18)6-7-15(11)19-16(21)13-3-2-8-20(10-13)17(22)12-4-5-12/h6-7,9,12-13H,2-5,8,10H2,1H3,(H,19,21)/t13-/m0/s1. The molecule has 1 aromatic carbocycles. The SMILES string of the molecule is Cc1cc(Cl)ccc1NC(=O)[C@H]1CCCN(C(=O)C2CC2)C1. The number of nitrogens with zero attached hydrogens (tertiary/aromatic N) is 1. The van der Waals surface area contributed by atoms with Gasteiger partial charge in [-0.15, -0.1) is 0 Å². The molecule has 1 N–H and O–H groups in total. The van der Waals surface area contributed by atoms with Crippen LogP contribution in [0.15, 0.2) is 18.2 Å². The Morgan fingerprint density at radius 2 is 2.00 bits per heavy atom. The molecule has 0 bridgehead atoms. The van der Waals surface area contributed by atoms with Gasteiger partial charge in [-0.3, -0.25) is 9.59 Å². The molecule has 4 nitrogen and oxygen atoms in total. The van der Waals surface area contributed by atoms with Crippen molar-refractivity contribution < 1.29 is 9.59 Å². The van der Waals surface area contributed by atoms with E-state index in [2.05, 4.69) is 5.32 Å². The van der Waals surface area contributed by atoms with Crippen LogP contribution < -0.4 is 5.32 Å². The normalized spacial score (nSPS) is 21.5. The van der Waals surface area contributed by atoms with Crippen molar-refractivity contribution in [2.45, 2.75) is 32.6 Å². The van der Waals surface area contributed by atoms with Gasteiger partial charge >= 0.3 is 0 Å².